The van der Waals surface area contributed by atoms with Crippen molar-refractivity contribution >= 4 is 23.3 Å². The van der Waals surface area contributed by atoms with Gasteiger partial charge in [-0.25, -0.2) is 4.79 Å². The Morgan fingerprint density at radius 2 is 2.27 bits per heavy atom. The Hall–Kier alpha value is -1.30. The van der Waals surface area contributed by atoms with Crippen LogP contribution in [0, 0.1) is 5.92 Å². The molecule has 0 saturated carbocycles. The van der Waals surface area contributed by atoms with Crippen LogP contribution in [0.2, 0.25) is 5.02 Å². The molecule has 0 radical (unpaired) electrons. The second-order valence-corrected chi connectivity index (χ2v) is 6.26. The van der Waals surface area contributed by atoms with Gasteiger partial charge in [0.2, 0.25) is 0 Å². The third-order valence-corrected chi connectivity index (χ3v) is 4.70. The van der Waals surface area contributed by atoms with E-state index >= 15 is 0 Å². The molecule has 2 amide bonds. The summed E-state index contributed by atoms with van der Waals surface area (Å²) < 4.78 is 5.06. The Morgan fingerprint density at radius 1 is 1.55 bits per heavy atom. The van der Waals surface area contributed by atoms with Crippen molar-refractivity contribution in [2.24, 2.45) is 5.92 Å². The van der Waals surface area contributed by atoms with Crippen molar-refractivity contribution in [1.29, 1.82) is 0 Å². The molecule has 1 saturated heterocycles. The molecule has 122 valence electrons. The van der Waals surface area contributed by atoms with Crippen molar-refractivity contribution in [3.05, 3.63) is 29.3 Å². The molecular weight excluding hydrogens is 304 g/mol. The molecule has 1 fully saturated rings. The molecule has 2 atom stereocenters. The van der Waals surface area contributed by atoms with Gasteiger partial charge in [-0.1, -0.05) is 30.7 Å². The zero-order chi connectivity index (χ0) is 16.2. The van der Waals surface area contributed by atoms with Crippen molar-refractivity contribution in [2.45, 2.75) is 25.4 Å². The van der Waals surface area contributed by atoms with Gasteiger partial charge in [-0.2, -0.15) is 0 Å². The first kappa shape index (κ1) is 17.1. The number of amides is 2. The zero-order valence-corrected chi connectivity index (χ0v) is 13.8. The summed E-state index contributed by atoms with van der Waals surface area (Å²) in [5, 5.41) is 14.0. The van der Waals surface area contributed by atoms with Gasteiger partial charge in [0.1, 0.15) is 0 Å². The summed E-state index contributed by atoms with van der Waals surface area (Å²) >= 11 is 6.05. The van der Waals surface area contributed by atoms with Gasteiger partial charge in [-0.05, 0) is 25.0 Å². The average molecular weight is 327 g/mol. The van der Waals surface area contributed by atoms with Gasteiger partial charge < -0.3 is 20.1 Å². The number of aliphatic hydroxyl groups is 1. The number of urea groups is 1. The van der Waals surface area contributed by atoms with E-state index in [1.54, 1.807) is 24.1 Å². The maximum Gasteiger partial charge on any atom is 0.321 e. The molecule has 22 heavy (non-hydrogen) atoms. The normalized spacial score (nSPS) is 25.1. The SMILES string of the molecule is COCC[C@@]1(O)CCN(C(=O)Nc2ccccc2Cl)C[C@@H]1C. The lowest BCUT2D eigenvalue weighted by Crippen LogP contribution is -2.53. The van der Waals surface area contributed by atoms with E-state index in [9.17, 15) is 9.90 Å². The first-order valence-corrected chi connectivity index (χ1v) is 7.86. The number of ether oxygens (including phenoxy) is 1. The summed E-state index contributed by atoms with van der Waals surface area (Å²) in [7, 11) is 1.63. The number of piperidine rings is 1. The summed E-state index contributed by atoms with van der Waals surface area (Å²) in [4.78, 5) is 14.1. The number of anilines is 1. The molecule has 0 aliphatic carbocycles. The number of nitrogens with zero attached hydrogens (tertiary/aromatic N) is 1. The second kappa shape index (κ2) is 7.31. The summed E-state index contributed by atoms with van der Waals surface area (Å²) in [6.07, 6.45) is 1.14. The van der Waals surface area contributed by atoms with Crippen LogP contribution in [0.5, 0.6) is 0 Å². The molecule has 1 aliphatic rings. The zero-order valence-electron chi connectivity index (χ0n) is 13.0. The highest BCUT2D eigenvalue weighted by Gasteiger charge is 2.39. The number of carbonyl (C=O) groups excluding carboxylic acids is 1. The van der Waals surface area contributed by atoms with E-state index < -0.39 is 5.60 Å². The van der Waals surface area contributed by atoms with Gasteiger partial charge in [0.05, 0.1) is 16.3 Å². The quantitative estimate of drug-likeness (QED) is 0.894. The van der Waals surface area contributed by atoms with Gasteiger partial charge >= 0.3 is 6.03 Å². The number of benzene rings is 1. The predicted octanol–water partition coefficient (Wildman–Crippen LogP) is 2.98. The summed E-state index contributed by atoms with van der Waals surface area (Å²) in [5.74, 6) is -0.00612. The van der Waals surface area contributed by atoms with Gasteiger partial charge in [-0.15, -0.1) is 0 Å². The molecule has 0 aromatic heterocycles. The molecule has 0 bridgehead atoms. The summed E-state index contributed by atoms with van der Waals surface area (Å²) in [5.41, 5.74) is -0.168. The highest BCUT2D eigenvalue weighted by Crippen LogP contribution is 2.31. The van der Waals surface area contributed by atoms with E-state index in [0.29, 0.717) is 43.2 Å². The van der Waals surface area contributed by atoms with E-state index in [4.69, 9.17) is 16.3 Å². The first-order chi connectivity index (χ1) is 10.5. The van der Waals surface area contributed by atoms with Crippen LogP contribution in [0.4, 0.5) is 10.5 Å². The number of hydrogen-bond acceptors (Lipinski definition) is 3. The number of methoxy groups -OCH3 is 1. The fraction of sp³-hybridized carbons (Fsp3) is 0.562. The molecule has 6 heteroatoms. The van der Waals surface area contributed by atoms with Crippen LogP contribution in [-0.4, -0.2) is 48.4 Å². The van der Waals surface area contributed by atoms with Gasteiger partial charge in [0.25, 0.3) is 0 Å². The van der Waals surface area contributed by atoms with E-state index in [1.807, 2.05) is 19.1 Å². The van der Waals surface area contributed by atoms with Gasteiger partial charge in [-0.3, -0.25) is 0 Å². The number of carbonyl (C=O) groups is 1. The molecule has 1 aliphatic heterocycles. The Labute approximate surface area is 136 Å². The van der Waals surface area contributed by atoms with Crippen LogP contribution >= 0.6 is 11.6 Å². The summed E-state index contributed by atoms with van der Waals surface area (Å²) in [6.45, 7) is 3.51. The monoisotopic (exact) mass is 326 g/mol. The lowest BCUT2D eigenvalue weighted by molar-refractivity contribution is -0.0725. The Balaban J connectivity index is 1.95. The van der Waals surface area contributed by atoms with E-state index in [2.05, 4.69) is 5.32 Å². The molecule has 2 rings (SSSR count). The average Bonchev–Trinajstić information content (AvgIpc) is 2.50. The largest absolute Gasteiger partial charge is 0.389 e. The van der Waals surface area contributed by atoms with Crippen LogP contribution in [0.1, 0.15) is 19.8 Å². The molecule has 1 aromatic rings. The van der Waals surface area contributed by atoms with Gasteiger partial charge in [0, 0.05) is 32.7 Å². The molecule has 2 N–H and O–H groups in total. The van der Waals surface area contributed by atoms with Crippen LogP contribution in [0.15, 0.2) is 24.3 Å². The van der Waals surface area contributed by atoms with E-state index in [0.717, 1.165) is 0 Å². The molecule has 5 nitrogen and oxygen atoms in total. The lowest BCUT2D eigenvalue weighted by atomic mass is 9.80. The number of likely N-dealkylation sites (tertiary alicyclic amines) is 1. The Morgan fingerprint density at radius 3 is 2.91 bits per heavy atom. The lowest BCUT2D eigenvalue weighted by Gasteiger charge is -2.43. The minimum absolute atomic E-state index is 0.00612. The number of nitrogens with one attached hydrogen (secondary N) is 1. The minimum atomic E-state index is -0.767. The summed E-state index contributed by atoms with van der Waals surface area (Å²) in [6, 6.07) is 6.96. The van der Waals surface area contributed by atoms with Gasteiger partial charge in [0.15, 0.2) is 0 Å². The molecule has 0 unspecified atom stereocenters. The van der Waals surface area contributed by atoms with Crippen molar-refractivity contribution in [1.82, 2.24) is 4.90 Å². The maximum absolute atomic E-state index is 12.3. The first-order valence-electron chi connectivity index (χ1n) is 7.48. The highest BCUT2D eigenvalue weighted by molar-refractivity contribution is 6.33. The number of para-hydroxylation sites is 1. The number of hydrogen-bond donors (Lipinski definition) is 2. The second-order valence-electron chi connectivity index (χ2n) is 5.85. The van der Waals surface area contributed by atoms with Crippen molar-refractivity contribution in [3.8, 4) is 0 Å². The number of rotatable bonds is 4. The van der Waals surface area contributed by atoms with E-state index in [-0.39, 0.29) is 11.9 Å². The molecule has 0 spiro atoms. The third kappa shape index (κ3) is 3.91. The Kier molecular flexibility index (Phi) is 5.67. The number of halogens is 1. The standard InChI is InChI=1S/C16H23ClN2O3/c1-12-11-19(9-7-16(12,21)8-10-22-2)15(20)18-14-6-4-3-5-13(14)17/h3-6,12,21H,7-11H2,1-2H3,(H,18,20)/t12-,16-/m0/s1. The predicted molar refractivity (Wildman–Crippen MR) is 87.3 cm³/mol. The fourth-order valence-corrected chi connectivity index (χ4v) is 2.94. The smallest absolute Gasteiger partial charge is 0.321 e. The molecule has 1 aromatic carbocycles. The molecular formula is C16H23ClN2O3. The van der Waals surface area contributed by atoms with Crippen LogP contribution in [0.25, 0.3) is 0 Å². The maximum atomic E-state index is 12.3. The highest BCUT2D eigenvalue weighted by atomic mass is 35.5. The van der Waals surface area contributed by atoms with Crippen molar-refractivity contribution in [3.63, 3.8) is 0 Å². The van der Waals surface area contributed by atoms with Crippen LogP contribution in [-0.2, 0) is 4.74 Å². The minimum Gasteiger partial charge on any atom is -0.389 e. The topological polar surface area (TPSA) is 61.8 Å². The van der Waals surface area contributed by atoms with Crippen LogP contribution < -0.4 is 5.32 Å². The van der Waals surface area contributed by atoms with Crippen molar-refractivity contribution in [2.75, 3.05) is 32.1 Å². The third-order valence-electron chi connectivity index (χ3n) is 4.37. The fourth-order valence-electron chi connectivity index (χ4n) is 2.76. The Bertz CT molecular complexity index is 526. The van der Waals surface area contributed by atoms with Crippen LogP contribution in [0.3, 0.4) is 0 Å². The van der Waals surface area contributed by atoms with Crippen molar-refractivity contribution < 1.29 is 14.6 Å². The van der Waals surface area contributed by atoms with E-state index in [1.165, 1.54) is 0 Å². The molecule has 1 heterocycles.